The Morgan fingerprint density at radius 1 is 0.850 bits per heavy atom. The summed E-state index contributed by atoms with van der Waals surface area (Å²) >= 11 is 0. The minimum atomic E-state index is -0.640. The SMILES string of the molecule is COCCCSSNC(=O)C(=O)NSSCCCOC. The molecular formula is C10H20N2O4S4. The lowest BCUT2D eigenvalue weighted by Gasteiger charge is -2.04. The Hall–Kier alpha value is 0.260. The average molecular weight is 361 g/mol. The van der Waals surface area contributed by atoms with E-state index in [1.54, 1.807) is 14.2 Å². The summed E-state index contributed by atoms with van der Waals surface area (Å²) in [5, 5.41) is 0. The fraction of sp³-hybridized carbons (Fsp3) is 0.800. The topological polar surface area (TPSA) is 76.7 Å². The van der Waals surface area contributed by atoms with E-state index >= 15 is 0 Å². The third-order valence-corrected chi connectivity index (χ3v) is 5.64. The third-order valence-electron chi connectivity index (χ3n) is 1.75. The van der Waals surface area contributed by atoms with Crippen molar-refractivity contribution in [1.82, 2.24) is 9.44 Å². The Labute approximate surface area is 135 Å². The number of carbonyl (C=O) groups is 2. The minimum Gasteiger partial charge on any atom is -0.385 e. The lowest BCUT2D eigenvalue weighted by Crippen LogP contribution is -2.32. The van der Waals surface area contributed by atoms with Crippen LogP contribution in [-0.2, 0) is 19.1 Å². The van der Waals surface area contributed by atoms with Crippen LogP contribution in [0.3, 0.4) is 0 Å². The van der Waals surface area contributed by atoms with Gasteiger partial charge in [-0.25, -0.2) is 0 Å². The lowest BCUT2D eigenvalue weighted by atomic mass is 10.5. The molecule has 0 aromatic carbocycles. The van der Waals surface area contributed by atoms with E-state index in [2.05, 4.69) is 9.44 Å². The second-order valence-electron chi connectivity index (χ2n) is 3.37. The molecule has 20 heavy (non-hydrogen) atoms. The molecule has 118 valence electrons. The molecule has 0 aromatic rings. The highest BCUT2D eigenvalue weighted by molar-refractivity contribution is 8.76. The molecule has 0 fully saturated rings. The molecule has 0 bridgehead atoms. The lowest BCUT2D eigenvalue weighted by molar-refractivity contribution is -0.136. The zero-order chi connectivity index (χ0) is 15.1. The van der Waals surface area contributed by atoms with Gasteiger partial charge >= 0.3 is 11.8 Å². The number of methoxy groups -OCH3 is 2. The highest BCUT2D eigenvalue weighted by Crippen LogP contribution is 2.19. The van der Waals surface area contributed by atoms with Crippen molar-refractivity contribution in [3.05, 3.63) is 0 Å². The van der Waals surface area contributed by atoms with Crippen LogP contribution in [0.2, 0.25) is 0 Å². The summed E-state index contributed by atoms with van der Waals surface area (Å²) in [6, 6.07) is 0. The predicted octanol–water partition coefficient (Wildman–Crippen LogP) is 1.88. The highest BCUT2D eigenvalue weighted by atomic mass is 33.1. The maximum absolute atomic E-state index is 11.4. The van der Waals surface area contributed by atoms with Crippen molar-refractivity contribution in [3.63, 3.8) is 0 Å². The molecule has 0 aliphatic rings. The zero-order valence-corrected chi connectivity index (χ0v) is 14.8. The van der Waals surface area contributed by atoms with E-state index in [9.17, 15) is 9.59 Å². The van der Waals surface area contributed by atoms with Gasteiger partial charge in [0.2, 0.25) is 0 Å². The van der Waals surface area contributed by atoms with Gasteiger partial charge in [-0.3, -0.25) is 19.0 Å². The smallest absolute Gasteiger partial charge is 0.320 e. The van der Waals surface area contributed by atoms with Crippen LogP contribution >= 0.6 is 43.5 Å². The van der Waals surface area contributed by atoms with E-state index in [0.29, 0.717) is 13.2 Å². The van der Waals surface area contributed by atoms with Gasteiger partial charge in [0.1, 0.15) is 0 Å². The molecular weight excluding hydrogens is 340 g/mol. The molecule has 0 unspecified atom stereocenters. The molecule has 10 heteroatoms. The first-order valence-electron chi connectivity index (χ1n) is 5.87. The maximum atomic E-state index is 11.4. The summed E-state index contributed by atoms with van der Waals surface area (Å²) in [5.74, 6) is 0.424. The van der Waals surface area contributed by atoms with Crippen LogP contribution in [0.5, 0.6) is 0 Å². The minimum absolute atomic E-state index is 0.640. The molecule has 0 saturated heterocycles. The summed E-state index contributed by atoms with van der Waals surface area (Å²) in [6.07, 6.45) is 1.81. The molecule has 0 radical (unpaired) electrons. The molecule has 2 N–H and O–H groups in total. The van der Waals surface area contributed by atoms with Crippen molar-refractivity contribution in [2.45, 2.75) is 12.8 Å². The predicted molar refractivity (Wildman–Crippen MR) is 89.4 cm³/mol. The molecule has 6 nitrogen and oxygen atoms in total. The van der Waals surface area contributed by atoms with Crippen molar-refractivity contribution in [2.75, 3.05) is 38.9 Å². The molecule has 0 aliphatic heterocycles. The van der Waals surface area contributed by atoms with Gasteiger partial charge < -0.3 is 9.47 Å². The Balaban J connectivity index is 3.40. The van der Waals surface area contributed by atoms with E-state index < -0.39 is 11.8 Å². The largest absolute Gasteiger partial charge is 0.385 e. The van der Waals surface area contributed by atoms with Crippen LogP contribution in [0.1, 0.15) is 12.8 Å². The first-order valence-corrected chi connectivity index (χ1v) is 10.5. The molecule has 0 aromatic heterocycles. The molecule has 0 saturated carbocycles. The number of nitrogens with one attached hydrogen (secondary N) is 2. The maximum Gasteiger partial charge on any atom is 0.320 e. The number of hydrogen-bond acceptors (Lipinski definition) is 8. The van der Waals surface area contributed by atoms with Gasteiger partial charge in [-0.15, -0.1) is 0 Å². The number of carbonyl (C=O) groups excluding carboxylic acids is 2. The van der Waals surface area contributed by atoms with Crippen LogP contribution in [0.4, 0.5) is 0 Å². The van der Waals surface area contributed by atoms with Gasteiger partial charge in [0.05, 0.1) is 0 Å². The van der Waals surface area contributed by atoms with E-state index in [1.807, 2.05) is 0 Å². The molecule has 0 heterocycles. The van der Waals surface area contributed by atoms with E-state index in [1.165, 1.54) is 21.6 Å². The van der Waals surface area contributed by atoms with Gasteiger partial charge in [0.25, 0.3) is 0 Å². The fourth-order valence-electron chi connectivity index (χ4n) is 0.835. The Morgan fingerprint density at radius 2 is 1.25 bits per heavy atom. The number of hydrogen-bond donors (Lipinski definition) is 2. The quantitative estimate of drug-likeness (QED) is 0.236. The van der Waals surface area contributed by atoms with Crippen LogP contribution in [0.25, 0.3) is 0 Å². The van der Waals surface area contributed by atoms with Crippen LogP contribution in [-0.4, -0.2) is 50.8 Å². The van der Waals surface area contributed by atoms with E-state index in [-0.39, 0.29) is 0 Å². The van der Waals surface area contributed by atoms with Gasteiger partial charge in [0, 0.05) is 60.9 Å². The standard InChI is InChI=1S/C10H20N2O4S4/c1-15-5-3-7-17-19-11-9(13)10(14)12-20-18-8-4-6-16-2/h3-8H2,1-2H3,(H,11,13)(H,12,14). The first-order chi connectivity index (χ1) is 9.72. The van der Waals surface area contributed by atoms with Crippen molar-refractivity contribution in [3.8, 4) is 0 Å². The average Bonchev–Trinajstić information content (AvgIpc) is 2.45. The van der Waals surface area contributed by atoms with E-state index in [4.69, 9.17) is 9.47 Å². The summed E-state index contributed by atoms with van der Waals surface area (Å²) in [6.45, 7) is 1.39. The molecule has 0 spiro atoms. The highest BCUT2D eigenvalue weighted by Gasteiger charge is 2.13. The van der Waals surface area contributed by atoms with E-state index in [0.717, 1.165) is 46.3 Å². The van der Waals surface area contributed by atoms with Gasteiger partial charge in [0.15, 0.2) is 0 Å². The summed E-state index contributed by atoms with van der Waals surface area (Å²) < 4.78 is 14.7. The summed E-state index contributed by atoms with van der Waals surface area (Å²) in [7, 11) is 8.56. The third kappa shape index (κ3) is 13.3. The van der Waals surface area contributed by atoms with Crippen LogP contribution in [0, 0.1) is 0 Å². The van der Waals surface area contributed by atoms with Crippen molar-refractivity contribution < 1.29 is 19.1 Å². The van der Waals surface area contributed by atoms with Gasteiger partial charge in [-0.05, 0) is 12.8 Å². The summed E-state index contributed by atoms with van der Waals surface area (Å²) in [5.41, 5.74) is 0. The van der Waals surface area contributed by atoms with Crippen molar-refractivity contribution in [2.24, 2.45) is 0 Å². The van der Waals surface area contributed by atoms with Gasteiger partial charge in [-0.1, -0.05) is 21.6 Å². The molecule has 0 aliphatic carbocycles. The fourth-order valence-corrected chi connectivity index (χ4v) is 3.94. The van der Waals surface area contributed by atoms with Crippen LogP contribution in [0.15, 0.2) is 0 Å². The molecule has 0 rings (SSSR count). The van der Waals surface area contributed by atoms with Crippen molar-refractivity contribution in [1.29, 1.82) is 0 Å². The monoisotopic (exact) mass is 360 g/mol. The Bertz CT molecular complexity index is 246. The molecule has 0 atom stereocenters. The van der Waals surface area contributed by atoms with Crippen molar-refractivity contribution >= 4 is 55.4 Å². The first kappa shape index (κ1) is 20.3. The summed E-state index contributed by atoms with van der Waals surface area (Å²) in [4.78, 5) is 22.7. The van der Waals surface area contributed by atoms with Gasteiger partial charge in [-0.2, -0.15) is 0 Å². The number of rotatable bonds is 12. The molecule has 2 amide bonds. The second-order valence-corrected chi connectivity index (χ2v) is 7.81. The van der Waals surface area contributed by atoms with Crippen LogP contribution < -0.4 is 9.44 Å². The Kier molecular flexibility index (Phi) is 15.8. The second kappa shape index (κ2) is 15.6. The zero-order valence-electron chi connectivity index (χ0n) is 11.5. The normalized spacial score (nSPS) is 10.3. The number of amides is 2. The number of ether oxygens (including phenoxy) is 2. The Morgan fingerprint density at radius 3 is 1.60 bits per heavy atom.